The van der Waals surface area contributed by atoms with Gasteiger partial charge in [0.25, 0.3) is 0 Å². The second-order valence-electron chi connectivity index (χ2n) is 6.86. The summed E-state index contributed by atoms with van der Waals surface area (Å²) in [6.07, 6.45) is 0. The Labute approximate surface area is 176 Å². The Kier molecular flexibility index (Phi) is 4.25. The van der Waals surface area contributed by atoms with E-state index in [0.717, 1.165) is 22.3 Å². The lowest BCUT2D eigenvalue weighted by Gasteiger charge is -2.09. The third-order valence-corrected chi connectivity index (χ3v) is 5.32. The minimum absolute atomic E-state index is 0.300. The zero-order valence-electron chi connectivity index (χ0n) is 16.1. The topological polar surface area (TPSA) is 91.6 Å². The zero-order valence-corrected chi connectivity index (χ0v) is 16.8. The summed E-state index contributed by atoms with van der Waals surface area (Å²) in [6.45, 7) is 2.28. The van der Waals surface area contributed by atoms with Gasteiger partial charge in [-0.15, -0.1) is 0 Å². The number of nitrogens with zero attached hydrogens (tertiary/aromatic N) is 5. The highest BCUT2D eigenvalue weighted by Gasteiger charge is 2.18. The molecule has 0 atom stereocenters. The van der Waals surface area contributed by atoms with Gasteiger partial charge in [0.1, 0.15) is 11.5 Å². The number of pyridine rings is 1. The van der Waals surface area contributed by atoms with E-state index in [4.69, 9.17) is 22.4 Å². The molecule has 0 unspecified atom stereocenters. The van der Waals surface area contributed by atoms with Gasteiger partial charge in [0.05, 0.1) is 11.1 Å². The van der Waals surface area contributed by atoms with Crippen LogP contribution in [0.25, 0.3) is 39.0 Å². The van der Waals surface area contributed by atoms with E-state index < -0.39 is 5.69 Å². The Balaban J connectivity index is 1.90. The van der Waals surface area contributed by atoms with Gasteiger partial charge in [0.2, 0.25) is 0 Å². The fraction of sp³-hybridized carbons (Fsp3) is 0.0909. The SMILES string of the molecule is CCn1c(N)c2cc3c(-c4ccc(Cl)cc4)nn(-c4ccccc4)c3nc2nc1=O. The largest absolute Gasteiger partial charge is 0.384 e. The van der Waals surface area contributed by atoms with Crippen molar-refractivity contribution in [3.05, 3.63) is 76.2 Å². The normalized spacial score (nSPS) is 11.4. The van der Waals surface area contributed by atoms with E-state index in [1.165, 1.54) is 4.57 Å². The maximum Gasteiger partial charge on any atom is 0.351 e. The number of benzene rings is 2. The number of rotatable bonds is 3. The maximum absolute atomic E-state index is 12.3. The van der Waals surface area contributed by atoms with E-state index in [-0.39, 0.29) is 0 Å². The standard InChI is InChI=1S/C22H17ClN6O/c1-2-28-19(24)17-12-16-18(13-8-10-14(23)11-9-13)27-29(15-6-4-3-5-7-15)21(16)25-20(17)26-22(28)30/h3-12H,2,24H2,1H3. The summed E-state index contributed by atoms with van der Waals surface area (Å²) in [5, 5.41) is 6.91. The Hall–Kier alpha value is -3.71. The van der Waals surface area contributed by atoms with Crippen molar-refractivity contribution < 1.29 is 0 Å². The number of aromatic nitrogens is 5. The van der Waals surface area contributed by atoms with Crippen LogP contribution >= 0.6 is 11.6 Å². The van der Waals surface area contributed by atoms with Crippen LogP contribution in [0.15, 0.2) is 65.5 Å². The van der Waals surface area contributed by atoms with Crippen molar-refractivity contribution >= 4 is 39.5 Å². The van der Waals surface area contributed by atoms with Crippen molar-refractivity contribution in [2.24, 2.45) is 0 Å². The molecule has 3 aromatic heterocycles. The number of hydrogen-bond acceptors (Lipinski definition) is 5. The van der Waals surface area contributed by atoms with Gasteiger partial charge in [-0.1, -0.05) is 41.9 Å². The molecule has 3 heterocycles. The van der Waals surface area contributed by atoms with Gasteiger partial charge in [-0.05, 0) is 37.3 Å². The van der Waals surface area contributed by atoms with E-state index in [2.05, 4.69) is 9.97 Å². The van der Waals surface area contributed by atoms with E-state index in [1.807, 2.05) is 67.6 Å². The molecule has 0 fully saturated rings. The molecule has 5 aromatic rings. The second-order valence-corrected chi connectivity index (χ2v) is 7.29. The lowest BCUT2D eigenvalue weighted by atomic mass is 10.1. The van der Waals surface area contributed by atoms with Gasteiger partial charge in [-0.3, -0.25) is 4.57 Å². The van der Waals surface area contributed by atoms with Gasteiger partial charge in [-0.2, -0.15) is 10.1 Å². The summed E-state index contributed by atoms with van der Waals surface area (Å²) in [5.41, 5.74) is 9.26. The number of halogens is 1. The van der Waals surface area contributed by atoms with Gasteiger partial charge in [0.15, 0.2) is 11.3 Å². The van der Waals surface area contributed by atoms with Crippen LogP contribution < -0.4 is 11.4 Å². The van der Waals surface area contributed by atoms with Crippen LogP contribution in [0.2, 0.25) is 5.02 Å². The minimum Gasteiger partial charge on any atom is -0.384 e. The van der Waals surface area contributed by atoms with Gasteiger partial charge >= 0.3 is 5.69 Å². The van der Waals surface area contributed by atoms with Crippen LogP contribution in [0.1, 0.15) is 6.92 Å². The fourth-order valence-corrected chi connectivity index (χ4v) is 3.71. The summed E-state index contributed by atoms with van der Waals surface area (Å²) in [7, 11) is 0. The summed E-state index contributed by atoms with van der Waals surface area (Å²) >= 11 is 6.07. The molecule has 0 amide bonds. The van der Waals surface area contributed by atoms with Crippen LogP contribution in [0.4, 0.5) is 5.82 Å². The number of nitrogens with two attached hydrogens (primary N) is 1. The van der Waals surface area contributed by atoms with Crippen molar-refractivity contribution in [2.45, 2.75) is 13.5 Å². The Morgan fingerprint density at radius 1 is 1.00 bits per heavy atom. The summed E-state index contributed by atoms with van der Waals surface area (Å²) < 4.78 is 3.18. The first-order valence-electron chi connectivity index (χ1n) is 9.48. The first kappa shape index (κ1) is 18.3. The molecule has 0 bridgehead atoms. The lowest BCUT2D eigenvalue weighted by Crippen LogP contribution is -2.25. The number of fused-ring (bicyclic) bond motifs is 2. The molecule has 0 radical (unpaired) electrons. The molecule has 2 N–H and O–H groups in total. The predicted molar refractivity (Wildman–Crippen MR) is 119 cm³/mol. The molecule has 148 valence electrons. The lowest BCUT2D eigenvalue weighted by molar-refractivity contribution is 0.718. The highest BCUT2D eigenvalue weighted by molar-refractivity contribution is 6.30. The van der Waals surface area contributed by atoms with Gasteiger partial charge in [-0.25, -0.2) is 14.5 Å². The van der Waals surface area contributed by atoms with Crippen LogP contribution in [0, 0.1) is 0 Å². The Morgan fingerprint density at radius 3 is 2.43 bits per heavy atom. The second kappa shape index (κ2) is 6.96. The molecule has 5 rings (SSSR count). The predicted octanol–water partition coefficient (Wildman–Crippen LogP) is 4.05. The summed E-state index contributed by atoms with van der Waals surface area (Å²) in [4.78, 5) is 21.2. The number of para-hydroxylation sites is 1. The molecule has 2 aromatic carbocycles. The van der Waals surface area contributed by atoms with Crippen LogP contribution in [-0.2, 0) is 6.54 Å². The van der Waals surface area contributed by atoms with Crippen molar-refractivity contribution in [1.82, 2.24) is 24.3 Å². The Morgan fingerprint density at radius 2 is 1.73 bits per heavy atom. The average molecular weight is 417 g/mol. The molecule has 0 saturated heterocycles. The molecule has 8 heteroatoms. The monoisotopic (exact) mass is 416 g/mol. The third kappa shape index (κ3) is 2.83. The van der Waals surface area contributed by atoms with Crippen molar-refractivity contribution in [1.29, 1.82) is 0 Å². The number of hydrogen-bond donors (Lipinski definition) is 1. The van der Waals surface area contributed by atoms with E-state index in [1.54, 1.807) is 4.68 Å². The first-order chi connectivity index (χ1) is 14.6. The molecule has 0 aliphatic carbocycles. The van der Waals surface area contributed by atoms with Crippen molar-refractivity contribution in [3.63, 3.8) is 0 Å². The molecule has 0 saturated carbocycles. The molecule has 0 aliphatic heterocycles. The molecule has 0 spiro atoms. The molecular weight excluding hydrogens is 400 g/mol. The number of nitrogen functional groups attached to an aromatic ring is 1. The first-order valence-corrected chi connectivity index (χ1v) is 9.85. The van der Waals surface area contributed by atoms with Crippen LogP contribution in [-0.4, -0.2) is 24.3 Å². The summed E-state index contributed by atoms with van der Waals surface area (Å²) in [6, 6.07) is 19.1. The summed E-state index contributed by atoms with van der Waals surface area (Å²) in [5.74, 6) is 0.344. The van der Waals surface area contributed by atoms with Crippen molar-refractivity contribution in [3.8, 4) is 16.9 Å². The quantitative estimate of drug-likeness (QED) is 0.479. The van der Waals surface area contributed by atoms with Gasteiger partial charge < -0.3 is 5.73 Å². The molecule has 0 aliphatic rings. The highest BCUT2D eigenvalue weighted by atomic mass is 35.5. The van der Waals surface area contributed by atoms with Crippen molar-refractivity contribution in [2.75, 3.05) is 5.73 Å². The molecular formula is C22H17ClN6O. The van der Waals surface area contributed by atoms with E-state index >= 15 is 0 Å². The minimum atomic E-state index is -0.418. The smallest absolute Gasteiger partial charge is 0.351 e. The number of anilines is 1. The molecule has 7 nitrogen and oxygen atoms in total. The zero-order chi connectivity index (χ0) is 20.8. The fourth-order valence-electron chi connectivity index (χ4n) is 3.58. The van der Waals surface area contributed by atoms with Crippen LogP contribution in [0.3, 0.4) is 0 Å². The van der Waals surface area contributed by atoms with Gasteiger partial charge in [0, 0.05) is 22.5 Å². The molecule has 30 heavy (non-hydrogen) atoms. The highest BCUT2D eigenvalue weighted by Crippen LogP contribution is 2.32. The van der Waals surface area contributed by atoms with E-state index in [0.29, 0.717) is 34.1 Å². The average Bonchev–Trinajstić information content (AvgIpc) is 3.12. The maximum atomic E-state index is 12.3. The third-order valence-electron chi connectivity index (χ3n) is 5.07. The van der Waals surface area contributed by atoms with Crippen LogP contribution in [0.5, 0.6) is 0 Å². The van der Waals surface area contributed by atoms with E-state index in [9.17, 15) is 4.79 Å². The Bertz CT molecular complexity index is 1460.